The zero-order valence-electron chi connectivity index (χ0n) is 6.96. The molecule has 2 N–H and O–H groups in total. The molecule has 1 rings (SSSR count). The molecule has 3 heteroatoms. The molecule has 0 aromatic carbocycles. The van der Waals surface area contributed by atoms with Gasteiger partial charge in [-0.1, -0.05) is 6.92 Å². The second-order valence-electron chi connectivity index (χ2n) is 2.81. The average molecular weight is 154 g/mol. The SMILES string of the molecule is CCCNC1=CC=NC1(C)O. The zero-order chi connectivity index (χ0) is 8.32. The van der Waals surface area contributed by atoms with Crippen molar-refractivity contribution in [3.8, 4) is 0 Å². The molecule has 0 radical (unpaired) electrons. The summed E-state index contributed by atoms with van der Waals surface area (Å²) in [7, 11) is 0. The van der Waals surface area contributed by atoms with E-state index in [1.54, 1.807) is 19.2 Å². The molecule has 1 heterocycles. The smallest absolute Gasteiger partial charge is 0.193 e. The highest BCUT2D eigenvalue weighted by atomic mass is 16.3. The largest absolute Gasteiger partial charge is 0.384 e. The zero-order valence-corrected chi connectivity index (χ0v) is 6.96. The van der Waals surface area contributed by atoms with Crippen molar-refractivity contribution in [3.05, 3.63) is 11.8 Å². The Balaban J connectivity index is 2.48. The first-order chi connectivity index (χ1) is 5.17. The van der Waals surface area contributed by atoms with Crippen LogP contribution in [0, 0.1) is 0 Å². The fourth-order valence-electron chi connectivity index (χ4n) is 0.970. The molecule has 0 bridgehead atoms. The standard InChI is InChI=1S/C8H14N2O/c1-3-5-9-7-4-6-10-8(7,2)11/h4,6,9,11H,3,5H2,1-2H3. The molecule has 1 atom stereocenters. The minimum atomic E-state index is -1.02. The molecule has 11 heavy (non-hydrogen) atoms. The predicted octanol–water partition coefficient (Wildman–Crippen LogP) is 0.663. The molecule has 0 fully saturated rings. The average Bonchev–Trinajstić information content (AvgIpc) is 2.25. The number of nitrogens with zero attached hydrogens (tertiary/aromatic N) is 1. The lowest BCUT2D eigenvalue weighted by Crippen LogP contribution is -2.31. The summed E-state index contributed by atoms with van der Waals surface area (Å²) in [5, 5.41) is 12.7. The lowest BCUT2D eigenvalue weighted by atomic mass is 10.2. The van der Waals surface area contributed by atoms with E-state index in [0.29, 0.717) is 0 Å². The number of allylic oxidation sites excluding steroid dienone is 1. The van der Waals surface area contributed by atoms with Crippen molar-refractivity contribution >= 4 is 6.21 Å². The van der Waals surface area contributed by atoms with E-state index in [1.807, 2.05) is 0 Å². The Bertz CT molecular complexity index is 194. The van der Waals surface area contributed by atoms with Gasteiger partial charge in [-0.3, -0.25) is 4.99 Å². The number of aliphatic hydroxyl groups is 1. The number of rotatable bonds is 3. The van der Waals surface area contributed by atoms with Gasteiger partial charge in [-0.15, -0.1) is 0 Å². The van der Waals surface area contributed by atoms with Crippen molar-refractivity contribution in [2.24, 2.45) is 4.99 Å². The van der Waals surface area contributed by atoms with Gasteiger partial charge < -0.3 is 10.4 Å². The molecule has 62 valence electrons. The van der Waals surface area contributed by atoms with Crippen LogP contribution in [0.5, 0.6) is 0 Å². The van der Waals surface area contributed by atoms with Crippen molar-refractivity contribution in [1.82, 2.24) is 5.32 Å². The second kappa shape index (κ2) is 3.05. The van der Waals surface area contributed by atoms with Crippen LogP contribution in [-0.4, -0.2) is 23.6 Å². The Kier molecular flexibility index (Phi) is 2.29. The number of nitrogens with one attached hydrogen (secondary N) is 1. The number of hydrogen-bond donors (Lipinski definition) is 2. The quantitative estimate of drug-likeness (QED) is 0.627. The Hall–Kier alpha value is -0.830. The monoisotopic (exact) mass is 154 g/mol. The van der Waals surface area contributed by atoms with Gasteiger partial charge in [0.1, 0.15) is 0 Å². The van der Waals surface area contributed by atoms with Crippen LogP contribution in [0.2, 0.25) is 0 Å². The van der Waals surface area contributed by atoms with Crippen LogP contribution in [0.4, 0.5) is 0 Å². The maximum atomic E-state index is 9.55. The van der Waals surface area contributed by atoms with E-state index in [-0.39, 0.29) is 0 Å². The molecular weight excluding hydrogens is 140 g/mol. The second-order valence-corrected chi connectivity index (χ2v) is 2.81. The lowest BCUT2D eigenvalue weighted by Gasteiger charge is -2.19. The summed E-state index contributed by atoms with van der Waals surface area (Å²) in [4.78, 5) is 3.88. The van der Waals surface area contributed by atoms with Crippen molar-refractivity contribution in [3.63, 3.8) is 0 Å². The van der Waals surface area contributed by atoms with Gasteiger partial charge in [0.05, 0.1) is 5.70 Å². The Labute approximate surface area is 66.8 Å². The summed E-state index contributed by atoms with van der Waals surface area (Å²) < 4.78 is 0. The van der Waals surface area contributed by atoms with Gasteiger partial charge >= 0.3 is 0 Å². The highest BCUT2D eigenvalue weighted by molar-refractivity contribution is 5.76. The fraction of sp³-hybridized carbons (Fsp3) is 0.625. The van der Waals surface area contributed by atoms with Gasteiger partial charge in [0, 0.05) is 12.8 Å². The van der Waals surface area contributed by atoms with Crippen molar-refractivity contribution < 1.29 is 5.11 Å². The normalized spacial score (nSPS) is 28.8. The highest BCUT2D eigenvalue weighted by Gasteiger charge is 2.26. The van der Waals surface area contributed by atoms with E-state index in [0.717, 1.165) is 18.7 Å². The van der Waals surface area contributed by atoms with Gasteiger partial charge in [0.15, 0.2) is 5.72 Å². The molecule has 0 aromatic heterocycles. The molecule has 0 amide bonds. The summed E-state index contributed by atoms with van der Waals surface area (Å²) in [6.45, 7) is 4.63. The fourth-order valence-corrected chi connectivity index (χ4v) is 0.970. The Morgan fingerprint density at radius 1 is 1.73 bits per heavy atom. The maximum absolute atomic E-state index is 9.55. The predicted molar refractivity (Wildman–Crippen MR) is 45.5 cm³/mol. The summed E-state index contributed by atoms with van der Waals surface area (Å²) in [6.07, 6.45) is 4.47. The molecule has 1 unspecified atom stereocenters. The van der Waals surface area contributed by atoms with Gasteiger partial charge in [-0.05, 0) is 19.4 Å². The molecule has 0 saturated heterocycles. The number of hydrogen-bond acceptors (Lipinski definition) is 3. The van der Waals surface area contributed by atoms with Crippen LogP contribution in [0.3, 0.4) is 0 Å². The van der Waals surface area contributed by atoms with Crippen molar-refractivity contribution in [1.29, 1.82) is 0 Å². The van der Waals surface area contributed by atoms with E-state index in [2.05, 4.69) is 17.2 Å². The van der Waals surface area contributed by atoms with Crippen LogP contribution >= 0.6 is 0 Å². The Morgan fingerprint density at radius 2 is 2.45 bits per heavy atom. The van der Waals surface area contributed by atoms with Gasteiger partial charge in [0.25, 0.3) is 0 Å². The lowest BCUT2D eigenvalue weighted by molar-refractivity contribution is 0.105. The van der Waals surface area contributed by atoms with Crippen LogP contribution < -0.4 is 5.32 Å². The third-order valence-corrected chi connectivity index (χ3v) is 1.64. The van der Waals surface area contributed by atoms with E-state index in [4.69, 9.17) is 0 Å². The molecule has 0 aliphatic carbocycles. The van der Waals surface area contributed by atoms with E-state index in [1.165, 1.54) is 0 Å². The van der Waals surface area contributed by atoms with Crippen molar-refractivity contribution in [2.45, 2.75) is 26.0 Å². The minimum absolute atomic E-state index is 0.791. The molecule has 0 saturated carbocycles. The van der Waals surface area contributed by atoms with E-state index in [9.17, 15) is 5.11 Å². The number of aliphatic imine (C=N–C) groups is 1. The van der Waals surface area contributed by atoms with E-state index < -0.39 is 5.72 Å². The van der Waals surface area contributed by atoms with Gasteiger partial charge in [-0.25, -0.2) is 0 Å². The summed E-state index contributed by atoms with van der Waals surface area (Å²) in [5.41, 5.74) is -0.228. The highest BCUT2D eigenvalue weighted by Crippen LogP contribution is 2.18. The molecule has 3 nitrogen and oxygen atoms in total. The summed E-state index contributed by atoms with van der Waals surface area (Å²) in [5.74, 6) is 0. The molecular formula is C8H14N2O. The molecule has 0 spiro atoms. The van der Waals surface area contributed by atoms with Crippen LogP contribution in [-0.2, 0) is 0 Å². The van der Waals surface area contributed by atoms with Crippen LogP contribution in [0.15, 0.2) is 16.8 Å². The molecule has 0 aromatic rings. The first kappa shape index (κ1) is 8.27. The van der Waals surface area contributed by atoms with Gasteiger partial charge in [-0.2, -0.15) is 0 Å². The first-order valence-corrected chi connectivity index (χ1v) is 3.89. The van der Waals surface area contributed by atoms with E-state index >= 15 is 0 Å². The first-order valence-electron chi connectivity index (χ1n) is 3.89. The molecule has 1 aliphatic heterocycles. The van der Waals surface area contributed by atoms with Crippen molar-refractivity contribution in [2.75, 3.05) is 6.54 Å². The topological polar surface area (TPSA) is 44.6 Å². The van der Waals surface area contributed by atoms with Crippen LogP contribution in [0.25, 0.3) is 0 Å². The summed E-state index contributed by atoms with van der Waals surface area (Å²) >= 11 is 0. The Morgan fingerprint density at radius 3 is 2.91 bits per heavy atom. The minimum Gasteiger partial charge on any atom is -0.384 e. The van der Waals surface area contributed by atoms with Gasteiger partial charge in [0.2, 0.25) is 0 Å². The maximum Gasteiger partial charge on any atom is 0.193 e. The third kappa shape index (κ3) is 1.80. The summed E-state index contributed by atoms with van der Waals surface area (Å²) in [6, 6.07) is 0. The van der Waals surface area contributed by atoms with Crippen LogP contribution in [0.1, 0.15) is 20.3 Å². The third-order valence-electron chi connectivity index (χ3n) is 1.64. The molecule has 1 aliphatic rings.